The number of thiazole rings is 1. The van der Waals surface area contributed by atoms with Gasteiger partial charge in [0.1, 0.15) is 22.7 Å². The molecule has 2 heterocycles. The van der Waals surface area contributed by atoms with Crippen LogP contribution in [0.5, 0.6) is 11.5 Å². The van der Waals surface area contributed by atoms with Crippen molar-refractivity contribution in [3.63, 3.8) is 0 Å². The molecule has 4 aromatic rings. The number of hydrogen-bond donors (Lipinski definition) is 1. The van der Waals surface area contributed by atoms with E-state index in [0.29, 0.717) is 22.0 Å². The first-order valence-electron chi connectivity index (χ1n) is 10.6. The van der Waals surface area contributed by atoms with E-state index in [1.54, 1.807) is 31.2 Å². The van der Waals surface area contributed by atoms with Crippen LogP contribution >= 0.6 is 22.9 Å². The van der Waals surface area contributed by atoms with Crippen molar-refractivity contribution >= 4 is 28.8 Å². The second-order valence-electron chi connectivity index (χ2n) is 7.82. The Morgan fingerprint density at radius 3 is 2.30 bits per heavy atom. The maximum Gasteiger partial charge on any atom is 0.573 e. The van der Waals surface area contributed by atoms with Gasteiger partial charge in [0.15, 0.2) is 6.23 Å². The van der Waals surface area contributed by atoms with Crippen LogP contribution in [0.3, 0.4) is 0 Å². The number of nitrogens with zero attached hydrogens (tertiary/aromatic N) is 4. The molecule has 0 aliphatic rings. The number of alkyl halides is 3. The zero-order valence-corrected chi connectivity index (χ0v) is 20.5. The largest absolute Gasteiger partial charge is 0.573 e. The van der Waals surface area contributed by atoms with Gasteiger partial charge in [-0.05, 0) is 77.0 Å². The van der Waals surface area contributed by atoms with Crippen LogP contribution in [-0.2, 0) is 0 Å². The van der Waals surface area contributed by atoms with Crippen LogP contribution in [0.25, 0.3) is 21.8 Å². The minimum atomic E-state index is -4.76. The Bertz CT molecular complexity index is 1370. The van der Waals surface area contributed by atoms with E-state index in [0.717, 1.165) is 11.8 Å². The summed E-state index contributed by atoms with van der Waals surface area (Å²) in [4.78, 5) is 18.6. The van der Waals surface area contributed by atoms with Gasteiger partial charge < -0.3 is 24.7 Å². The van der Waals surface area contributed by atoms with Crippen molar-refractivity contribution in [2.75, 3.05) is 0 Å². The summed E-state index contributed by atoms with van der Waals surface area (Å²) < 4.78 is 48.2. The zero-order chi connectivity index (χ0) is 26.7. The topological polar surface area (TPSA) is 113 Å². The van der Waals surface area contributed by atoms with E-state index in [4.69, 9.17) is 16.3 Å². The molecule has 2 unspecified atom stereocenters. The summed E-state index contributed by atoms with van der Waals surface area (Å²) in [5, 5.41) is 23.2. The average molecular weight is 555 g/mol. The summed E-state index contributed by atoms with van der Waals surface area (Å²) >= 11 is 7.38. The van der Waals surface area contributed by atoms with E-state index in [2.05, 4.69) is 14.7 Å². The molecule has 0 aliphatic heterocycles. The van der Waals surface area contributed by atoms with Crippen molar-refractivity contribution in [1.82, 2.24) is 14.5 Å². The number of imidazole rings is 1. The minimum absolute atomic E-state index is 0.0945. The summed E-state index contributed by atoms with van der Waals surface area (Å²) in [7, 11) is 0. The number of benzene rings is 2. The van der Waals surface area contributed by atoms with Gasteiger partial charge in [-0.15, -0.1) is 24.5 Å². The van der Waals surface area contributed by atoms with E-state index in [1.807, 2.05) is 5.38 Å². The molecular weight excluding hydrogens is 537 g/mol. The molecule has 0 saturated carbocycles. The molecule has 0 fully saturated rings. The monoisotopic (exact) mass is 554 g/mol. The molecule has 9 nitrogen and oxygen atoms in total. The number of rotatable bonds is 9. The van der Waals surface area contributed by atoms with Crippen LogP contribution in [0.15, 0.2) is 60.1 Å². The molecule has 0 amide bonds. The van der Waals surface area contributed by atoms with E-state index in [-0.39, 0.29) is 17.5 Å². The molecule has 0 aliphatic carbocycles. The number of halogens is 4. The van der Waals surface area contributed by atoms with Crippen LogP contribution in [-0.4, -0.2) is 37.0 Å². The molecule has 0 saturated heterocycles. The third-order valence-corrected chi connectivity index (χ3v) is 6.15. The highest BCUT2D eigenvalue weighted by Gasteiger charge is 2.31. The van der Waals surface area contributed by atoms with Gasteiger partial charge in [-0.2, -0.15) is 0 Å². The van der Waals surface area contributed by atoms with Gasteiger partial charge in [-0.1, -0.05) is 0 Å². The van der Waals surface area contributed by atoms with Crippen molar-refractivity contribution in [2.24, 2.45) is 0 Å². The highest BCUT2D eigenvalue weighted by Crippen LogP contribution is 2.33. The van der Waals surface area contributed by atoms with Gasteiger partial charge in [-0.25, -0.2) is 4.98 Å². The molecule has 4 rings (SSSR count). The molecule has 194 valence electrons. The van der Waals surface area contributed by atoms with Crippen molar-refractivity contribution < 1.29 is 32.7 Å². The van der Waals surface area contributed by atoms with Gasteiger partial charge in [0.05, 0.1) is 11.8 Å². The second-order valence-corrected chi connectivity index (χ2v) is 9.02. The van der Waals surface area contributed by atoms with Crippen molar-refractivity contribution in [2.45, 2.75) is 32.0 Å². The number of aromatic nitrogens is 3. The van der Waals surface area contributed by atoms with Crippen LogP contribution < -0.4 is 9.47 Å². The van der Waals surface area contributed by atoms with Crippen LogP contribution in [0.1, 0.15) is 19.6 Å². The molecule has 0 spiro atoms. The summed E-state index contributed by atoms with van der Waals surface area (Å²) in [6, 6.07) is 12.3. The molecule has 1 N–H and O–H groups in total. The highest BCUT2D eigenvalue weighted by molar-refractivity contribution is 7.13. The Hall–Kier alpha value is -3.68. The smallest absolute Gasteiger partial charge is 0.470 e. The first kappa shape index (κ1) is 26.4. The fourth-order valence-corrected chi connectivity index (χ4v) is 4.44. The predicted octanol–water partition coefficient (Wildman–Crippen LogP) is 6.48. The molecule has 2 aromatic heterocycles. The van der Waals surface area contributed by atoms with Gasteiger partial charge in [-0.3, -0.25) is 4.57 Å². The maximum absolute atomic E-state index is 12.4. The number of aliphatic hydroxyl groups is 1. The van der Waals surface area contributed by atoms with E-state index in [1.165, 1.54) is 40.2 Å². The molecule has 14 heteroatoms. The van der Waals surface area contributed by atoms with E-state index >= 15 is 0 Å². The second kappa shape index (κ2) is 10.7. The Labute approximate surface area is 216 Å². The first-order chi connectivity index (χ1) is 17.5. The average Bonchev–Trinajstić information content (AvgIpc) is 3.46. The minimum Gasteiger partial charge on any atom is -0.470 e. The Morgan fingerprint density at radius 2 is 1.73 bits per heavy atom. The first-order valence-corrected chi connectivity index (χ1v) is 11.9. The third kappa shape index (κ3) is 6.76. The van der Waals surface area contributed by atoms with Gasteiger partial charge in [0, 0.05) is 22.9 Å². The summed E-state index contributed by atoms with van der Waals surface area (Å²) in [6.45, 7) is 1.55. The lowest BCUT2D eigenvalue weighted by atomic mass is 10.1. The zero-order valence-electron chi connectivity index (χ0n) is 18.9. The predicted molar refractivity (Wildman–Crippen MR) is 130 cm³/mol. The Morgan fingerprint density at radius 1 is 1.11 bits per heavy atom. The highest BCUT2D eigenvalue weighted by atomic mass is 35.5. The van der Waals surface area contributed by atoms with Crippen LogP contribution in [0, 0.1) is 10.1 Å². The van der Waals surface area contributed by atoms with Gasteiger partial charge in [0.2, 0.25) is 0 Å². The van der Waals surface area contributed by atoms with E-state index in [9.17, 15) is 28.4 Å². The number of nitro groups is 1. The number of hydrogen-bond acceptors (Lipinski definition) is 8. The standard InChI is InChI=1S/C23H18ClF3N4O5S/c1-13(32)10-20(30-11-19(31(33)34)29-22(30)24)35-16-6-2-14(3-7-16)18-12-37-21(28-18)15-4-8-17(9-5-15)36-23(25,26)27/h2-9,11-13,20,32H,10H2,1H3. The van der Waals surface area contributed by atoms with Crippen LogP contribution in [0.2, 0.25) is 5.28 Å². The maximum atomic E-state index is 12.4. The molecule has 0 radical (unpaired) electrons. The fraction of sp³-hybridized carbons (Fsp3) is 0.217. The van der Waals surface area contributed by atoms with Crippen molar-refractivity contribution in [1.29, 1.82) is 0 Å². The van der Waals surface area contributed by atoms with Gasteiger partial charge in [0.25, 0.3) is 0 Å². The molecule has 37 heavy (non-hydrogen) atoms. The summed E-state index contributed by atoms with van der Waals surface area (Å²) in [6.07, 6.45) is -5.16. The molecule has 0 bridgehead atoms. The lowest BCUT2D eigenvalue weighted by Crippen LogP contribution is -2.20. The Balaban J connectivity index is 1.49. The molecule has 2 atom stereocenters. The number of ether oxygens (including phenoxy) is 2. The van der Waals surface area contributed by atoms with Crippen molar-refractivity contribution in [3.05, 3.63) is 75.5 Å². The van der Waals surface area contributed by atoms with E-state index < -0.39 is 29.4 Å². The normalized spacial score (nSPS) is 13.2. The quantitative estimate of drug-likeness (QED) is 0.186. The summed E-state index contributed by atoms with van der Waals surface area (Å²) in [5.41, 5.74) is 2.05. The summed E-state index contributed by atoms with van der Waals surface area (Å²) in [5.74, 6) is -0.344. The lowest BCUT2D eigenvalue weighted by molar-refractivity contribution is -0.389. The fourth-order valence-electron chi connectivity index (χ4n) is 3.36. The Kier molecular flexibility index (Phi) is 7.66. The SMILES string of the molecule is CC(O)CC(Oc1ccc(-c2csc(-c3ccc(OC(F)(F)F)cc3)n2)cc1)n1cc([N+](=O)[O-])nc1Cl. The van der Waals surface area contributed by atoms with Crippen LogP contribution in [0.4, 0.5) is 19.0 Å². The van der Waals surface area contributed by atoms with Crippen molar-refractivity contribution in [3.8, 4) is 33.3 Å². The molecular formula is C23H18ClF3N4O5S. The lowest BCUT2D eigenvalue weighted by Gasteiger charge is -2.21. The molecule has 2 aromatic carbocycles. The van der Waals surface area contributed by atoms with Gasteiger partial charge >= 0.3 is 17.5 Å². The third-order valence-electron chi connectivity index (χ3n) is 4.98. The number of aliphatic hydroxyl groups excluding tert-OH is 1.